The van der Waals surface area contributed by atoms with Crippen LogP contribution in [0.15, 0.2) is 53.4 Å². The third kappa shape index (κ3) is 6.85. The van der Waals surface area contributed by atoms with Gasteiger partial charge in [0.25, 0.3) is 11.1 Å². The molecule has 0 unspecified atom stereocenters. The molecule has 41 heavy (non-hydrogen) atoms. The zero-order chi connectivity index (χ0) is 29.1. The lowest BCUT2D eigenvalue weighted by Crippen LogP contribution is -2.36. The van der Waals surface area contributed by atoms with Crippen LogP contribution >= 0.6 is 57.6 Å². The number of amides is 3. The molecule has 3 aromatic rings. The molecule has 1 N–H and O–H groups in total. The maximum atomic E-state index is 13.1. The van der Waals surface area contributed by atoms with Crippen molar-refractivity contribution in [3.05, 3.63) is 78.2 Å². The highest BCUT2D eigenvalue weighted by atomic mass is 127. The van der Waals surface area contributed by atoms with E-state index in [0.717, 1.165) is 25.8 Å². The highest BCUT2D eigenvalue weighted by Crippen LogP contribution is 2.38. The minimum absolute atomic E-state index is 0.106. The van der Waals surface area contributed by atoms with E-state index in [4.69, 9.17) is 42.1 Å². The second-order valence-corrected chi connectivity index (χ2v) is 11.7. The van der Waals surface area contributed by atoms with Crippen LogP contribution in [0.3, 0.4) is 0 Å². The fourth-order valence-electron chi connectivity index (χ4n) is 3.97. The topological polar surface area (TPSA) is 103 Å². The number of thioether (sulfide) groups is 1. The van der Waals surface area contributed by atoms with Gasteiger partial charge in [-0.1, -0.05) is 29.3 Å². The molecule has 2 heterocycles. The normalized spacial score (nSPS) is 15.0. The SMILES string of the molecule is CCOc1cc(/C=C2/SC(=O)N(CC(=O)Nc3ccc4c(c3)OCO4)C2=O)cc(I)c1OCc1ccc(Cl)cc1Cl. The average Bonchev–Trinajstić information content (AvgIpc) is 3.49. The van der Waals surface area contributed by atoms with Gasteiger partial charge in [-0.3, -0.25) is 19.3 Å². The maximum Gasteiger partial charge on any atom is 0.294 e. The van der Waals surface area contributed by atoms with E-state index in [9.17, 15) is 14.4 Å². The van der Waals surface area contributed by atoms with Crippen molar-refractivity contribution in [2.45, 2.75) is 13.5 Å². The van der Waals surface area contributed by atoms with Crippen LogP contribution in [0.25, 0.3) is 6.08 Å². The quantitative estimate of drug-likeness (QED) is 0.186. The fourth-order valence-corrected chi connectivity index (χ4v) is 6.05. The van der Waals surface area contributed by atoms with Crippen molar-refractivity contribution >= 4 is 86.4 Å². The summed E-state index contributed by atoms with van der Waals surface area (Å²) in [5.41, 5.74) is 1.85. The number of imide groups is 1. The zero-order valence-corrected chi connectivity index (χ0v) is 25.9. The predicted molar refractivity (Wildman–Crippen MR) is 165 cm³/mol. The summed E-state index contributed by atoms with van der Waals surface area (Å²) < 4.78 is 23.2. The van der Waals surface area contributed by atoms with Gasteiger partial charge in [0.15, 0.2) is 23.0 Å². The number of fused-ring (bicyclic) bond motifs is 1. The number of hydrogen-bond donors (Lipinski definition) is 1. The van der Waals surface area contributed by atoms with E-state index < -0.39 is 23.6 Å². The van der Waals surface area contributed by atoms with E-state index in [1.165, 1.54) is 0 Å². The Kier molecular flexibility index (Phi) is 9.17. The molecule has 0 spiro atoms. The van der Waals surface area contributed by atoms with Crippen LogP contribution in [0.2, 0.25) is 10.0 Å². The molecule has 0 atom stereocenters. The number of carbonyl (C=O) groups excluding carboxylic acids is 3. The number of anilines is 1. The number of rotatable bonds is 9. The van der Waals surface area contributed by atoms with E-state index in [0.29, 0.717) is 50.9 Å². The Hall–Kier alpha value is -3.13. The lowest BCUT2D eigenvalue weighted by atomic mass is 10.1. The molecule has 0 aromatic heterocycles. The maximum absolute atomic E-state index is 13.1. The van der Waals surface area contributed by atoms with Crippen molar-refractivity contribution in [2.75, 3.05) is 25.3 Å². The van der Waals surface area contributed by atoms with Crippen LogP contribution in [0.1, 0.15) is 18.1 Å². The molecule has 2 aliphatic heterocycles. The Morgan fingerprint density at radius 2 is 1.90 bits per heavy atom. The standard InChI is InChI=1S/C28H21Cl2IN2O7S/c1-2-37-23-8-15(7-20(31)26(23)38-13-16-3-4-17(29)10-19(16)30)9-24-27(35)33(28(36)41-24)12-25(34)32-18-5-6-21-22(11-18)40-14-39-21/h3-11H,2,12-14H2,1H3,(H,32,34)/b24-9+. The number of ether oxygens (including phenoxy) is 4. The Bertz CT molecular complexity index is 1580. The summed E-state index contributed by atoms with van der Waals surface area (Å²) in [7, 11) is 0. The first-order valence-electron chi connectivity index (χ1n) is 12.2. The molecule has 3 aromatic carbocycles. The first-order valence-corrected chi connectivity index (χ1v) is 14.8. The Morgan fingerprint density at radius 1 is 1.10 bits per heavy atom. The summed E-state index contributed by atoms with van der Waals surface area (Å²) in [6, 6.07) is 13.6. The molecule has 212 valence electrons. The van der Waals surface area contributed by atoms with E-state index in [2.05, 4.69) is 27.9 Å². The average molecular weight is 727 g/mol. The first-order chi connectivity index (χ1) is 19.7. The van der Waals surface area contributed by atoms with Crippen molar-refractivity contribution in [3.8, 4) is 23.0 Å². The molecule has 3 amide bonds. The molecule has 0 aliphatic carbocycles. The molecule has 0 radical (unpaired) electrons. The Balaban J connectivity index is 1.29. The smallest absolute Gasteiger partial charge is 0.294 e. The van der Waals surface area contributed by atoms with Crippen molar-refractivity contribution in [1.29, 1.82) is 0 Å². The number of hydrogen-bond acceptors (Lipinski definition) is 8. The van der Waals surface area contributed by atoms with Crippen molar-refractivity contribution in [1.82, 2.24) is 4.90 Å². The van der Waals surface area contributed by atoms with E-state index in [1.54, 1.807) is 48.5 Å². The Morgan fingerprint density at radius 3 is 2.68 bits per heavy atom. The largest absolute Gasteiger partial charge is 0.490 e. The minimum atomic E-state index is -0.563. The van der Waals surface area contributed by atoms with Gasteiger partial charge in [-0.2, -0.15) is 0 Å². The van der Waals surface area contributed by atoms with Gasteiger partial charge >= 0.3 is 0 Å². The van der Waals surface area contributed by atoms with Gasteiger partial charge in [0, 0.05) is 27.4 Å². The van der Waals surface area contributed by atoms with Gasteiger partial charge in [-0.25, -0.2) is 0 Å². The third-order valence-corrected chi connectivity index (χ3v) is 8.14. The fraction of sp³-hybridized carbons (Fsp3) is 0.179. The molecule has 2 aliphatic rings. The number of nitrogens with one attached hydrogen (secondary N) is 1. The summed E-state index contributed by atoms with van der Waals surface area (Å²) in [4.78, 5) is 39.4. The van der Waals surface area contributed by atoms with Gasteiger partial charge in [0.05, 0.1) is 15.1 Å². The van der Waals surface area contributed by atoms with Crippen LogP contribution in [0, 0.1) is 3.57 Å². The predicted octanol–water partition coefficient (Wildman–Crippen LogP) is 6.98. The molecule has 5 rings (SSSR count). The minimum Gasteiger partial charge on any atom is -0.490 e. The summed E-state index contributed by atoms with van der Waals surface area (Å²) in [5.74, 6) is 0.978. The summed E-state index contributed by atoms with van der Waals surface area (Å²) in [5, 5.41) is 3.15. The number of benzene rings is 3. The van der Waals surface area contributed by atoms with Crippen LogP contribution in [0.5, 0.6) is 23.0 Å². The second kappa shape index (κ2) is 12.8. The lowest BCUT2D eigenvalue weighted by Gasteiger charge is -2.15. The summed E-state index contributed by atoms with van der Waals surface area (Å²) in [6.45, 7) is 2.10. The van der Waals surface area contributed by atoms with Crippen LogP contribution < -0.4 is 24.3 Å². The first kappa shape index (κ1) is 29.4. The molecular weight excluding hydrogens is 706 g/mol. The van der Waals surface area contributed by atoms with Crippen molar-refractivity contribution in [2.24, 2.45) is 0 Å². The monoisotopic (exact) mass is 726 g/mol. The van der Waals surface area contributed by atoms with E-state index in [-0.39, 0.29) is 18.3 Å². The second-order valence-electron chi connectivity index (χ2n) is 8.67. The van der Waals surface area contributed by atoms with Crippen molar-refractivity contribution < 1.29 is 33.3 Å². The molecule has 9 nitrogen and oxygen atoms in total. The summed E-state index contributed by atoms with van der Waals surface area (Å²) in [6.07, 6.45) is 1.59. The highest BCUT2D eigenvalue weighted by molar-refractivity contribution is 14.1. The van der Waals surface area contributed by atoms with Gasteiger partial charge < -0.3 is 24.3 Å². The van der Waals surface area contributed by atoms with Crippen molar-refractivity contribution in [3.63, 3.8) is 0 Å². The van der Waals surface area contributed by atoms with Gasteiger partial charge in [0.2, 0.25) is 12.7 Å². The Labute approximate surface area is 263 Å². The van der Waals surface area contributed by atoms with Gasteiger partial charge in [-0.15, -0.1) is 0 Å². The van der Waals surface area contributed by atoms with E-state index in [1.807, 2.05) is 13.0 Å². The highest BCUT2D eigenvalue weighted by Gasteiger charge is 2.36. The van der Waals surface area contributed by atoms with E-state index >= 15 is 0 Å². The molecule has 1 fully saturated rings. The molecular formula is C28H21Cl2IN2O7S. The van der Waals surface area contributed by atoms with Gasteiger partial charge in [-0.05, 0) is 89.3 Å². The van der Waals surface area contributed by atoms with Gasteiger partial charge in [0.1, 0.15) is 13.2 Å². The molecule has 0 saturated carbocycles. The number of carbonyl (C=O) groups is 3. The number of halogens is 3. The zero-order valence-electron chi connectivity index (χ0n) is 21.4. The van der Waals surface area contributed by atoms with Crippen LogP contribution in [-0.2, 0) is 16.2 Å². The lowest BCUT2D eigenvalue weighted by molar-refractivity contribution is -0.127. The van der Waals surface area contributed by atoms with Crippen LogP contribution in [-0.4, -0.2) is 41.9 Å². The van der Waals surface area contributed by atoms with Crippen LogP contribution in [0.4, 0.5) is 10.5 Å². The molecule has 0 bridgehead atoms. The molecule has 1 saturated heterocycles. The third-order valence-electron chi connectivity index (χ3n) is 5.85. The number of nitrogens with zero attached hydrogens (tertiary/aromatic N) is 1. The summed E-state index contributed by atoms with van der Waals surface area (Å²) >= 11 is 15.1. The molecule has 13 heteroatoms.